The second-order valence-electron chi connectivity index (χ2n) is 4.54. The van der Waals surface area contributed by atoms with Gasteiger partial charge in [-0.15, -0.1) is 0 Å². The second kappa shape index (κ2) is 6.31. The first-order valence-corrected chi connectivity index (χ1v) is 6.40. The third-order valence-electron chi connectivity index (χ3n) is 3.29. The molecule has 1 amide bonds. The summed E-state index contributed by atoms with van der Waals surface area (Å²) < 4.78 is 0. The molecular formula is C14H19N3O. The lowest BCUT2D eigenvalue weighted by Crippen LogP contribution is -2.46. The number of pyridine rings is 1. The Labute approximate surface area is 108 Å². The first-order chi connectivity index (χ1) is 8.81. The summed E-state index contributed by atoms with van der Waals surface area (Å²) in [6.07, 6.45) is 10.1. The number of hydrogen-bond donors (Lipinski definition) is 1. The number of nitrogens with two attached hydrogens (primary N) is 1. The molecule has 0 aromatic carbocycles. The molecule has 2 heterocycles. The molecule has 4 heteroatoms. The van der Waals surface area contributed by atoms with Gasteiger partial charge in [-0.25, -0.2) is 0 Å². The number of nitrogens with zero attached hydrogens (tertiary/aromatic N) is 2. The molecule has 1 atom stereocenters. The summed E-state index contributed by atoms with van der Waals surface area (Å²) in [4.78, 5) is 18.0. The fraction of sp³-hybridized carbons (Fsp3) is 0.429. The van der Waals surface area contributed by atoms with E-state index in [0.717, 1.165) is 31.4 Å². The highest BCUT2D eigenvalue weighted by Crippen LogP contribution is 2.16. The number of likely N-dealkylation sites (tertiary alicyclic amines) is 1. The van der Waals surface area contributed by atoms with Crippen molar-refractivity contribution in [3.05, 3.63) is 36.2 Å². The van der Waals surface area contributed by atoms with E-state index in [4.69, 9.17) is 5.73 Å². The quantitative estimate of drug-likeness (QED) is 0.820. The lowest BCUT2D eigenvalue weighted by atomic mass is 10.0. The number of aromatic nitrogens is 1. The minimum absolute atomic E-state index is 0.0500. The number of piperidine rings is 1. The molecule has 2 rings (SSSR count). The van der Waals surface area contributed by atoms with Crippen LogP contribution in [0.1, 0.15) is 24.8 Å². The smallest absolute Gasteiger partial charge is 0.246 e. The van der Waals surface area contributed by atoms with Gasteiger partial charge in [0.1, 0.15) is 0 Å². The van der Waals surface area contributed by atoms with Gasteiger partial charge in [0.15, 0.2) is 0 Å². The van der Waals surface area contributed by atoms with Crippen molar-refractivity contribution in [1.82, 2.24) is 9.88 Å². The normalized spacial score (nSPS) is 20.3. The Hall–Kier alpha value is -1.68. The van der Waals surface area contributed by atoms with Crippen LogP contribution in [0, 0.1) is 0 Å². The average Bonchev–Trinajstić information content (AvgIpc) is 2.45. The zero-order chi connectivity index (χ0) is 12.8. The maximum absolute atomic E-state index is 12.1. The average molecular weight is 245 g/mol. The predicted octanol–water partition coefficient (Wildman–Crippen LogP) is 1.43. The maximum atomic E-state index is 12.1. The van der Waals surface area contributed by atoms with Crippen molar-refractivity contribution >= 4 is 12.0 Å². The molecule has 1 aromatic heterocycles. The van der Waals surface area contributed by atoms with Crippen LogP contribution in [0.25, 0.3) is 6.08 Å². The first-order valence-electron chi connectivity index (χ1n) is 6.40. The largest absolute Gasteiger partial charge is 0.335 e. The highest BCUT2D eigenvalue weighted by Gasteiger charge is 2.23. The summed E-state index contributed by atoms with van der Waals surface area (Å²) in [6, 6.07) is 3.98. The molecule has 0 radical (unpaired) electrons. The Kier molecular flexibility index (Phi) is 4.47. The summed E-state index contributed by atoms with van der Waals surface area (Å²) in [5, 5.41) is 0. The van der Waals surface area contributed by atoms with Crippen LogP contribution in [-0.2, 0) is 4.79 Å². The van der Waals surface area contributed by atoms with Crippen molar-refractivity contribution in [2.24, 2.45) is 5.73 Å². The van der Waals surface area contributed by atoms with E-state index in [9.17, 15) is 4.79 Å². The van der Waals surface area contributed by atoms with Gasteiger partial charge in [0.2, 0.25) is 5.91 Å². The highest BCUT2D eigenvalue weighted by molar-refractivity contribution is 5.92. The molecule has 1 aliphatic rings. The van der Waals surface area contributed by atoms with E-state index in [2.05, 4.69) is 4.98 Å². The van der Waals surface area contributed by atoms with E-state index in [1.54, 1.807) is 24.5 Å². The summed E-state index contributed by atoms with van der Waals surface area (Å²) in [7, 11) is 0. The molecule has 1 saturated heterocycles. The van der Waals surface area contributed by atoms with Gasteiger partial charge >= 0.3 is 0 Å². The number of rotatable bonds is 3. The Morgan fingerprint density at radius 1 is 1.56 bits per heavy atom. The third kappa shape index (κ3) is 3.17. The Bertz CT molecular complexity index is 416. The van der Waals surface area contributed by atoms with Gasteiger partial charge in [0, 0.05) is 37.6 Å². The van der Waals surface area contributed by atoms with Crippen LogP contribution >= 0.6 is 0 Å². The summed E-state index contributed by atoms with van der Waals surface area (Å²) in [6.45, 7) is 1.37. The number of carbonyl (C=O) groups is 1. The Morgan fingerprint density at radius 3 is 3.17 bits per heavy atom. The molecule has 18 heavy (non-hydrogen) atoms. The SMILES string of the molecule is NCC1CCCCN1C(=O)C=Cc1cccnc1. The summed E-state index contributed by atoms with van der Waals surface area (Å²) in [5.74, 6) is 0.0500. The van der Waals surface area contributed by atoms with Gasteiger partial charge in [0.25, 0.3) is 0 Å². The predicted molar refractivity (Wildman–Crippen MR) is 71.7 cm³/mol. The van der Waals surface area contributed by atoms with E-state index in [1.807, 2.05) is 17.0 Å². The van der Waals surface area contributed by atoms with Gasteiger partial charge in [-0.2, -0.15) is 0 Å². The molecule has 0 spiro atoms. The first kappa shape index (κ1) is 12.8. The van der Waals surface area contributed by atoms with Gasteiger partial charge < -0.3 is 10.6 Å². The molecule has 0 saturated carbocycles. The van der Waals surface area contributed by atoms with Crippen molar-refractivity contribution in [3.63, 3.8) is 0 Å². The third-order valence-corrected chi connectivity index (χ3v) is 3.29. The number of carbonyl (C=O) groups excluding carboxylic acids is 1. The van der Waals surface area contributed by atoms with Crippen LogP contribution in [0.5, 0.6) is 0 Å². The maximum Gasteiger partial charge on any atom is 0.246 e. The summed E-state index contributed by atoms with van der Waals surface area (Å²) >= 11 is 0. The summed E-state index contributed by atoms with van der Waals surface area (Å²) in [5.41, 5.74) is 6.65. The van der Waals surface area contributed by atoms with Crippen molar-refractivity contribution < 1.29 is 4.79 Å². The second-order valence-corrected chi connectivity index (χ2v) is 4.54. The molecule has 4 nitrogen and oxygen atoms in total. The molecule has 0 aliphatic carbocycles. The van der Waals surface area contributed by atoms with E-state index in [0.29, 0.717) is 6.54 Å². The van der Waals surface area contributed by atoms with Crippen LogP contribution in [0.4, 0.5) is 0 Å². The van der Waals surface area contributed by atoms with Crippen LogP contribution in [0.3, 0.4) is 0 Å². The van der Waals surface area contributed by atoms with Crippen LogP contribution in [0.2, 0.25) is 0 Å². The molecule has 0 bridgehead atoms. The molecule has 2 N–H and O–H groups in total. The van der Waals surface area contributed by atoms with E-state index in [1.165, 1.54) is 0 Å². The minimum Gasteiger partial charge on any atom is -0.335 e. The highest BCUT2D eigenvalue weighted by atomic mass is 16.2. The minimum atomic E-state index is 0.0500. The molecule has 1 aliphatic heterocycles. The fourth-order valence-electron chi connectivity index (χ4n) is 2.27. The van der Waals surface area contributed by atoms with Gasteiger partial charge in [-0.3, -0.25) is 9.78 Å². The number of amides is 1. The zero-order valence-corrected chi connectivity index (χ0v) is 10.5. The van der Waals surface area contributed by atoms with Crippen molar-refractivity contribution in [2.75, 3.05) is 13.1 Å². The van der Waals surface area contributed by atoms with Crippen molar-refractivity contribution in [1.29, 1.82) is 0 Å². The lowest BCUT2D eigenvalue weighted by Gasteiger charge is -2.34. The van der Waals surface area contributed by atoms with Crippen molar-refractivity contribution in [3.8, 4) is 0 Å². The standard InChI is InChI=1S/C14H19N3O/c15-10-13-5-1-2-9-17(13)14(18)7-6-12-4-3-8-16-11-12/h3-4,6-8,11,13H,1-2,5,9-10,15H2. The zero-order valence-electron chi connectivity index (χ0n) is 10.5. The Balaban J connectivity index is 2.00. The Morgan fingerprint density at radius 2 is 2.44 bits per heavy atom. The van der Waals surface area contributed by atoms with Crippen LogP contribution < -0.4 is 5.73 Å². The monoisotopic (exact) mass is 245 g/mol. The number of hydrogen-bond acceptors (Lipinski definition) is 3. The van der Waals surface area contributed by atoms with E-state index >= 15 is 0 Å². The molecule has 1 fully saturated rings. The van der Waals surface area contributed by atoms with Gasteiger partial charge in [-0.1, -0.05) is 6.07 Å². The lowest BCUT2D eigenvalue weighted by molar-refractivity contribution is -0.129. The van der Waals surface area contributed by atoms with Gasteiger partial charge in [0.05, 0.1) is 0 Å². The van der Waals surface area contributed by atoms with Crippen LogP contribution in [0.15, 0.2) is 30.6 Å². The molecule has 96 valence electrons. The van der Waals surface area contributed by atoms with E-state index < -0.39 is 0 Å². The molecule has 1 unspecified atom stereocenters. The van der Waals surface area contributed by atoms with E-state index in [-0.39, 0.29) is 11.9 Å². The molecule has 1 aromatic rings. The molecular weight excluding hydrogens is 226 g/mol. The van der Waals surface area contributed by atoms with Crippen LogP contribution in [-0.4, -0.2) is 34.9 Å². The van der Waals surface area contributed by atoms with Gasteiger partial charge in [-0.05, 0) is 37.0 Å². The topological polar surface area (TPSA) is 59.2 Å². The van der Waals surface area contributed by atoms with Crippen molar-refractivity contribution in [2.45, 2.75) is 25.3 Å². The fourth-order valence-corrected chi connectivity index (χ4v) is 2.27.